The third-order valence-electron chi connectivity index (χ3n) is 1.83. The first-order valence-electron chi connectivity index (χ1n) is 4.41. The third kappa shape index (κ3) is 1.96. The molecule has 1 N–H and O–H groups in total. The van der Waals surface area contributed by atoms with Crippen molar-refractivity contribution in [2.24, 2.45) is 5.22 Å². The van der Waals surface area contributed by atoms with Gasteiger partial charge < -0.3 is 0 Å². The van der Waals surface area contributed by atoms with Crippen LogP contribution in [0.5, 0.6) is 0 Å². The summed E-state index contributed by atoms with van der Waals surface area (Å²) in [7, 11) is 0. The Balaban J connectivity index is 2.38. The van der Waals surface area contributed by atoms with E-state index in [1.54, 1.807) is 24.5 Å². The Morgan fingerprint density at radius 2 is 1.47 bits per heavy atom. The smallest absolute Gasteiger partial charge is 0.157 e. The van der Waals surface area contributed by atoms with Crippen molar-refractivity contribution in [2.45, 2.75) is 0 Å². The summed E-state index contributed by atoms with van der Waals surface area (Å²) in [5.74, 6) is 1.15. The second kappa shape index (κ2) is 4.28. The molecule has 0 aliphatic carbocycles. The average Bonchev–Trinajstić information content (AvgIpc) is 2.33. The minimum absolute atomic E-state index is 0.575. The van der Waals surface area contributed by atoms with Crippen LogP contribution < -0.4 is 5.01 Å². The Hall–Kier alpha value is -2.30. The van der Waals surface area contributed by atoms with Crippen LogP contribution in [0.3, 0.4) is 0 Å². The van der Waals surface area contributed by atoms with E-state index in [1.807, 2.05) is 24.3 Å². The quantitative estimate of drug-likeness (QED) is 0.610. The van der Waals surface area contributed by atoms with E-state index in [-0.39, 0.29) is 0 Å². The SMILES string of the molecule is N=NN(c1ccccn1)c1ccccn1. The molecular weight excluding hydrogens is 190 g/mol. The van der Waals surface area contributed by atoms with Gasteiger partial charge in [0.2, 0.25) is 0 Å². The minimum Gasteiger partial charge on any atom is -0.237 e. The molecule has 2 aromatic rings. The lowest BCUT2D eigenvalue weighted by Crippen LogP contribution is -2.10. The van der Waals surface area contributed by atoms with Gasteiger partial charge in [-0.25, -0.2) is 9.97 Å². The lowest BCUT2D eigenvalue weighted by Gasteiger charge is -2.13. The highest BCUT2D eigenvalue weighted by Crippen LogP contribution is 2.20. The highest BCUT2D eigenvalue weighted by Gasteiger charge is 2.08. The Morgan fingerprint density at radius 3 is 1.80 bits per heavy atom. The number of aromatic nitrogens is 2. The van der Waals surface area contributed by atoms with Gasteiger partial charge in [-0.3, -0.25) is 0 Å². The van der Waals surface area contributed by atoms with Crippen LogP contribution in [0, 0.1) is 5.53 Å². The normalized spacial score (nSPS) is 9.60. The van der Waals surface area contributed by atoms with Crippen LogP contribution in [-0.2, 0) is 0 Å². The summed E-state index contributed by atoms with van der Waals surface area (Å²) in [6.45, 7) is 0. The van der Waals surface area contributed by atoms with E-state index >= 15 is 0 Å². The van der Waals surface area contributed by atoms with Crippen molar-refractivity contribution in [2.75, 3.05) is 5.01 Å². The zero-order chi connectivity index (χ0) is 10.5. The average molecular weight is 199 g/mol. The number of hydrogen-bond donors (Lipinski definition) is 1. The Morgan fingerprint density at radius 1 is 0.933 bits per heavy atom. The molecule has 74 valence electrons. The molecule has 0 amide bonds. The van der Waals surface area contributed by atoms with Gasteiger partial charge >= 0.3 is 0 Å². The van der Waals surface area contributed by atoms with Gasteiger partial charge in [-0.05, 0) is 24.3 Å². The largest absolute Gasteiger partial charge is 0.237 e. The van der Waals surface area contributed by atoms with Crippen molar-refractivity contribution >= 4 is 11.6 Å². The van der Waals surface area contributed by atoms with Crippen LogP contribution in [0.25, 0.3) is 0 Å². The second-order valence-corrected chi connectivity index (χ2v) is 2.79. The summed E-state index contributed by atoms with van der Waals surface area (Å²) >= 11 is 0. The van der Waals surface area contributed by atoms with Gasteiger partial charge in [0.15, 0.2) is 11.6 Å². The fourth-order valence-electron chi connectivity index (χ4n) is 1.18. The summed E-state index contributed by atoms with van der Waals surface area (Å²) in [4.78, 5) is 8.20. The molecule has 2 heterocycles. The third-order valence-corrected chi connectivity index (χ3v) is 1.83. The van der Waals surface area contributed by atoms with Gasteiger partial charge in [0, 0.05) is 12.4 Å². The van der Waals surface area contributed by atoms with E-state index in [9.17, 15) is 0 Å². The van der Waals surface area contributed by atoms with Gasteiger partial charge in [-0.15, -0.1) is 0 Å². The van der Waals surface area contributed by atoms with Crippen molar-refractivity contribution in [1.82, 2.24) is 9.97 Å². The molecule has 0 aromatic carbocycles. The molecule has 0 unspecified atom stereocenters. The lowest BCUT2D eigenvalue weighted by molar-refractivity contribution is 0.883. The standard InChI is InChI=1S/C10H9N5/c11-14-15(9-5-1-3-7-12-9)10-6-2-4-8-13-10/h1-8,11H. The van der Waals surface area contributed by atoms with E-state index < -0.39 is 0 Å². The maximum atomic E-state index is 7.11. The fraction of sp³-hybridized carbons (Fsp3) is 0. The molecule has 2 rings (SSSR count). The van der Waals surface area contributed by atoms with Crippen LogP contribution in [0.4, 0.5) is 11.6 Å². The summed E-state index contributed by atoms with van der Waals surface area (Å²) in [6, 6.07) is 10.8. The summed E-state index contributed by atoms with van der Waals surface area (Å²) in [5, 5.41) is 4.75. The van der Waals surface area contributed by atoms with Crippen molar-refractivity contribution in [3.8, 4) is 0 Å². The molecule has 0 atom stereocenters. The molecular formula is C10H9N5. The number of hydrogen-bond acceptors (Lipinski definition) is 4. The molecule has 5 heteroatoms. The van der Waals surface area contributed by atoms with Gasteiger partial charge in [-0.1, -0.05) is 17.4 Å². The highest BCUT2D eigenvalue weighted by atomic mass is 15.5. The van der Waals surface area contributed by atoms with Crippen molar-refractivity contribution < 1.29 is 0 Å². The zero-order valence-corrected chi connectivity index (χ0v) is 7.91. The van der Waals surface area contributed by atoms with Crippen LogP contribution >= 0.6 is 0 Å². The molecule has 5 nitrogen and oxygen atoms in total. The molecule has 0 saturated carbocycles. The summed E-state index contributed by atoms with van der Waals surface area (Å²) in [6.07, 6.45) is 3.30. The van der Waals surface area contributed by atoms with E-state index in [2.05, 4.69) is 15.2 Å². The number of anilines is 2. The molecule has 0 fully saturated rings. The zero-order valence-electron chi connectivity index (χ0n) is 7.91. The van der Waals surface area contributed by atoms with Crippen LogP contribution in [0.1, 0.15) is 0 Å². The number of nitrogens with zero attached hydrogens (tertiary/aromatic N) is 4. The number of pyridine rings is 2. The van der Waals surface area contributed by atoms with E-state index in [0.717, 1.165) is 0 Å². The molecule has 0 aliphatic rings. The van der Waals surface area contributed by atoms with Crippen LogP contribution in [0.15, 0.2) is 54.0 Å². The highest BCUT2D eigenvalue weighted by molar-refractivity contribution is 5.53. The Bertz CT molecular complexity index is 389. The monoisotopic (exact) mass is 199 g/mol. The first-order valence-corrected chi connectivity index (χ1v) is 4.41. The van der Waals surface area contributed by atoms with Crippen molar-refractivity contribution in [3.05, 3.63) is 48.8 Å². The van der Waals surface area contributed by atoms with E-state index in [4.69, 9.17) is 5.53 Å². The van der Waals surface area contributed by atoms with Crippen LogP contribution in [0.2, 0.25) is 0 Å². The summed E-state index contributed by atoms with van der Waals surface area (Å²) in [5.41, 5.74) is 7.11. The molecule has 15 heavy (non-hydrogen) atoms. The molecule has 0 radical (unpaired) electrons. The Labute approximate surface area is 86.9 Å². The fourth-order valence-corrected chi connectivity index (χ4v) is 1.18. The summed E-state index contributed by atoms with van der Waals surface area (Å²) < 4.78 is 0. The van der Waals surface area contributed by atoms with Gasteiger partial charge in [0.1, 0.15) is 0 Å². The maximum Gasteiger partial charge on any atom is 0.157 e. The van der Waals surface area contributed by atoms with Gasteiger partial charge in [0.25, 0.3) is 0 Å². The molecule has 0 spiro atoms. The van der Waals surface area contributed by atoms with Gasteiger partial charge in [-0.2, -0.15) is 10.5 Å². The second-order valence-electron chi connectivity index (χ2n) is 2.79. The minimum atomic E-state index is 0.575. The van der Waals surface area contributed by atoms with Crippen molar-refractivity contribution in [3.63, 3.8) is 0 Å². The first-order chi connectivity index (χ1) is 7.42. The van der Waals surface area contributed by atoms with E-state index in [1.165, 1.54) is 5.01 Å². The lowest BCUT2D eigenvalue weighted by atomic mass is 10.4. The molecule has 2 aromatic heterocycles. The van der Waals surface area contributed by atoms with Crippen molar-refractivity contribution in [1.29, 1.82) is 5.53 Å². The maximum absolute atomic E-state index is 7.11. The molecule has 0 aliphatic heterocycles. The molecule has 0 bridgehead atoms. The molecule has 0 saturated heterocycles. The topological polar surface area (TPSA) is 65.2 Å². The number of nitrogens with one attached hydrogen (secondary N) is 1. The van der Waals surface area contributed by atoms with Crippen LogP contribution in [-0.4, -0.2) is 9.97 Å². The Kier molecular flexibility index (Phi) is 2.64. The van der Waals surface area contributed by atoms with Gasteiger partial charge in [0.05, 0.1) is 0 Å². The van der Waals surface area contributed by atoms with E-state index in [0.29, 0.717) is 11.6 Å². The predicted octanol–water partition coefficient (Wildman–Crippen LogP) is 2.56. The predicted molar refractivity (Wildman–Crippen MR) is 55.8 cm³/mol. The first kappa shape index (κ1) is 9.26. The number of rotatable bonds is 3.